The average Bonchev–Trinajstić information content (AvgIpc) is 2.31. The van der Waals surface area contributed by atoms with Crippen molar-refractivity contribution in [3.05, 3.63) is 45.9 Å². The minimum absolute atomic E-state index is 0. The molecule has 0 aliphatic rings. The van der Waals surface area contributed by atoms with Gasteiger partial charge >= 0.3 is 5.97 Å². The number of hydrogen-bond donors (Lipinski definition) is 1. The number of hydrogen-bond acceptors (Lipinski definition) is 2. The van der Waals surface area contributed by atoms with Crippen LogP contribution in [0.3, 0.4) is 0 Å². The van der Waals surface area contributed by atoms with Crippen LogP contribution in [-0.2, 0) is 17.8 Å². The molecule has 0 aliphatic heterocycles. The van der Waals surface area contributed by atoms with Crippen LogP contribution in [0.15, 0.2) is 34.8 Å². The van der Waals surface area contributed by atoms with Crippen molar-refractivity contribution in [2.24, 2.45) is 0 Å². The first kappa shape index (κ1) is 17.0. The third-order valence-corrected chi connectivity index (χ3v) is 3.50. The van der Waals surface area contributed by atoms with Gasteiger partial charge in [-0.1, -0.05) is 34.1 Å². The third-order valence-electron chi connectivity index (χ3n) is 3.01. The topological polar surface area (TPSA) is 40.5 Å². The van der Waals surface area contributed by atoms with Crippen LogP contribution in [0, 0.1) is 0 Å². The summed E-state index contributed by atoms with van der Waals surface area (Å²) >= 11 is 3.46. The molecular formula is C15H17BrClNO2. The Hall–Kier alpha value is -1.10. The lowest BCUT2D eigenvalue weighted by Crippen LogP contribution is -2.14. The number of nitrogens with zero attached hydrogens (tertiary/aromatic N) is 1. The highest BCUT2D eigenvalue weighted by Gasteiger charge is 2.11. The Labute approximate surface area is 133 Å². The molecule has 2 aromatic carbocycles. The van der Waals surface area contributed by atoms with Gasteiger partial charge in [-0.2, -0.15) is 0 Å². The Morgan fingerprint density at radius 2 is 1.95 bits per heavy atom. The molecule has 3 nitrogen and oxygen atoms in total. The molecule has 0 spiro atoms. The Morgan fingerprint density at radius 3 is 2.55 bits per heavy atom. The molecule has 0 fully saturated rings. The van der Waals surface area contributed by atoms with Crippen molar-refractivity contribution in [1.82, 2.24) is 4.90 Å². The van der Waals surface area contributed by atoms with E-state index in [4.69, 9.17) is 5.11 Å². The SMILES string of the molecule is CN(C)Cc1c(CC(=O)O)ccc2cc(Br)ccc12.Cl. The van der Waals surface area contributed by atoms with E-state index < -0.39 is 5.97 Å². The van der Waals surface area contributed by atoms with Crippen LogP contribution in [0.2, 0.25) is 0 Å². The van der Waals surface area contributed by atoms with Gasteiger partial charge in [0.15, 0.2) is 0 Å². The molecule has 0 heterocycles. The third kappa shape index (κ3) is 3.95. The van der Waals surface area contributed by atoms with Gasteiger partial charge in [-0.15, -0.1) is 12.4 Å². The Morgan fingerprint density at radius 1 is 1.25 bits per heavy atom. The molecular weight excluding hydrogens is 342 g/mol. The molecule has 0 aliphatic carbocycles. The molecule has 0 aromatic heterocycles. The lowest BCUT2D eigenvalue weighted by Gasteiger charge is -2.16. The van der Waals surface area contributed by atoms with E-state index in [0.29, 0.717) is 0 Å². The second-order valence-electron chi connectivity index (χ2n) is 4.88. The van der Waals surface area contributed by atoms with Gasteiger partial charge in [-0.3, -0.25) is 4.79 Å². The van der Waals surface area contributed by atoms with Gasteiger partial charge in [0.2, 0.25) is 0 Å². The molecule has 0 unspecified atom stereocenters. The number of halogens is 2. The highest BCUT2D eigenvalue weighted by molar-refractivity contribution is 9.10. The van der Waals surface area contributed by atoms with Crippen molar-refractivity contribution in [2.75, 3.05) is 14.1 Å². The monoisotopic (exact) mass is 357 g/mol. The van der Waals surface area contributed by atoms with E-state index in [0.717, 1.165) is 32.9 Å². The first-order valence-electron chi connectivity index (χ1n) is 6.04. The van der Waals surface area contributed by atoms with Crippen molar-refractivity contribution >= 4 is 45.1 Å². The summed E-state index contributed by atoms with van der Waals surface area (Å²) in [4.78, 5) is 13.0. The molecule has 0 radical (unpaired) electrons. The van der Waals surface area contributed by atoms with E-state index in [1.54, 1.807) is 0 Å². The maximum atomic E-state index is 11.0. The van der Waals surface area contributed by atoms with Gasteiger partial charge in [0.05, 0.1) is 6.42 Å². The summed E-state index contributed by atoms with van der Waals surface area (Å²) in [6, 6.07) is 9.99. The largest absolute Gasteiger partial charge is 0.481 e. The molecule has 0 atom stereocenters. The molecule has 0 amide bonds. The highest BCUT2D eigenvalue weighted by Crippen LogP contribution is 2.27. The average molecular weight is 359 g/mol. The standard InChI is InChI=1S/C15H16BrNO2.ClH/c1-17(2)9-14-11(8-15(18)19)4-3-10-7-12(16)5-6-13(10)14;/h3-7H,8-9H2,1-2H3,(H,18,19);1H. The second-order valence-corrected chi connectivity index (χ2v) is 5.79. The van der Waals surface area contributed by atoms with Gasteiger partial charge in [-0.25, -0.2) is 0 Å². The van der Waals surface area contributed by atoms with Crippen LogP contribution in [0.1, 0.15) is 11.1 Å². The van der Waals surface area contributed by atoms with Crippen LogP contribution >= 0.6 is 28.3 Å². The molecule has 2 rings (SSSR count). The van der Waals surface area contributed by atoms with Crippen LogP contribution in [0.4, 0.5) is 0 Å². The molecule has 2 aromatic rings. The van der Waals surface area contributed by atoms with E-state index in [9.17, 15) is 4.79 Å². The normalized spacial score (nSPS) is 10.6. The molecule has 5 heteroatoms. The summed E-state index contributed by atoms with van der Waals surface area (Å²) in [5.74, 6) is -0.795. The van der Waals surface area contributed by atoms with Crippen molar-refractivity contribution in [2.45, 2.75) is 13.0 Å². The van der Waals surface area contributed by atoms with Crippen LogP contribution in [0.5, 0.6) is 0 Å². The van der Waals surface area contributed by atoms with Crippen molar-refractivity contribution < 1.29 is 9.90 Å². The summed E-state index contributed by atoms with van der Waals surface area (Å²) in [5, 5.41) is 11.3. The summed E-state index contributed by atoms with van der Waals surface area (Å²) in [5.41, 5.74) is 1.98. The second kappa shape index (κ2) is 7.07. The smallest absolute Gasteiger partial charge is 0.307 e. The number of benzene rings is 2. The lowest BCUT2D eigenvalue weighted by atomic mass is 9.96. The number of aliphatic carboxylic acids is 1. The Kier molecular flexibility index (Phi) is 5.99. The van der Waals surface area contributed by atoms with E-state index >= 15 is 0 Å². The fourth-order valence-electron chi connectivity index (χ4n) is 2.24. The number of fused-ring (bicyclic) bond motifs is 1. The van der Waals surface area contributed by atoms with Gasteiger partial charge in [0.1, 0.15) is 0 Å². The van der Waals surface area contributed by atoms with Gasteiger partial charge < -0.3 is 10.0 Å². The lowest BCUT2D eigenvalue weighted by molar-refractivity contribution is -0.136. The molecule has 20 heavy (non-hydrogen) atoms. The zero-order valence-electron chi connectivity index (χ0n) is 11.4. The number of carboxylic acid groups (broad SMARTS) is 1. The minimum atomic E-state index is -0.795. The summed E-state index contributed by atoms with van der Waals surface area (Å²) in [6.45, 7) is 0.738. The fourth-order valence-corrected chi connectivity index (χ4v) is 2.62. The van der Waals surface area contributed by atoms with Gasteiger partial charge in [0.25, 0.3) is 0 Å². The number of rotatable bonds is 4. The number of carbonyl (C=O) groups is 1. The maximum absolute atomic E-state index is 11.0. The molecule has 0 saturated carbocycles. The predicted molar refractivity (Wildman–Crippen MR) is 87.6 cm³/mol. The van der Waals surface area contributed by atoms with E-state index in [1.165, 1.54) is 0 Å². The fraction of sp³-hybridized carbons (Fsp3) is 0.267. The van der Waals surface area contributed by atoms with Gasteiger partial charge in [-0.05, 0) is 48.1 Å². The molecule has 0 saturated heterocycles. The summed E-state index contributed by atoms with van der Waals surface area (Å²) < 4.78 is 1.03. The Balaban J connectivity index is 0.00000200. The molecule has 108 valence electrons. The highest BCUT2D eigenvalue weighted by atomic mass is 79.9. The first-order valence-corrected chi connectivity index (χ1v) is 6.83. The van der Waals surface area contributed by atoms with Crippen LogP contribution < -0.4 is 0 Å². The Bertz CT molecular complexity index is 629. The molecule has 1 N–H and O–H groups in total. The minimum Gasteiger partial charge on any atom is -0.481 e. The van der Waals surface area contributed by atoms with E-state index in [2.05, 4.69) is 26.9 Å². The first-order chi connectivity index (χ1) is 8.97. The van der Waals surface area contributed by atoms with Crippen molar-refractivity contribution in [1.29, 1.82) is 0 Å². The van der Waals surface area contributed by atoms with Gasteiger partial charge in [0, 0.05) is 11.0 Å². The van der Waals surface area contributed by atoms with E-state index in [-0.39, 0.29) is 18.8 Å². The van der Waals surface area contributed by atoms with Crippen LogP contribution in [-0.4, -0.2) is 30.1 Å². The zero-order chi connectivity index (χ0) is 14.0. The molecule has 0 bridgehead atoms. The quantitative estimate of drug-likeness (QED) is 0.905. The van der Waals surface area contributed by atoms with Crippen molar-refractivity contribution in [3.63, 3.8) is 0 Å². The van der Waals surface area contributed by atoms with E-state index in [1.807, 2.05) is 38.4 Å². The van der Waals surface area contributed by atoms with Crippen molar-refractivity contribution in [3.8, 4) is 0 Å². The maximum Gasteiger partial charge on any atom is 0.307 e. The summed E-state index contributed by atoms with van der Waals surface area (Å²) in [6.07, 6.45) is 0.0647. The summed E-state index contributed by atoms with van der Waals surface area (Å²) in [7, 11) is 3.98. The number of carboxylic acids is 1. The van der Waals surface area contributed by atoms with Crippen LogP contribution in [0.25, 0.3) is 10.8 Å². The zero-order valence-corrected chi connectivity index (χ0v) is 13.8. The predicted octanol–water partition coefficient (Wildman–Crippen LogP) is 3.71.